The van der Waals surface area contributed by atoms with Crippen molar-refractivity contribution in [2.75, 3.05) is 0 Å². The Kier molecular flexibility index (Phi) is 2.14. The number of hydrogen-bond donors (Lipinski definition) is 1. The van der Waals surface area contributed by atoms with E-state index < -0.39 is 0 Å². The first-order valence-electron chi connectivity index (χ1n) is 4.02. The maximum atomic E-state index is 5.89. The minimum atomic E-state index is 0.319. The molecule has 0 aliphatic heterocycles. The lowest BCUT2D eigenvalue weighted by molar-refractivity contribution is 0.655. The molecule has 0 spiro atoms. The van der Waals surface area contributed by atoms with Gasteiger partial charge in [-0.2, -0.15) is 0 Å². The molecule has 10 heavy (non-hydrogen) atoms. The number of hydrogen-bond acceptors (Lipinski definition) is 1. The fourth-order valence-electron chi connectivity index (χ4n) is 1.40. The predicted octanol–water partition coefficient (Wildman–Crippen LogP) is 1.94. The average molecular weight is 139 g/mol. The van der Waals surface area contributed by atoms with Crippen LogP contribution >= 0.6 is 0 Å². The highest BCUT2D eigenvalue weighted by atomic mass is 14.7. The predicted molar refractivity (Wildman–Crippen MR) is 44.7 cm³/mol. The van der Waals surface area contributed by atoms with Crippen molar-refractivity contribution in [2.45, 2.75) is 33.2 Å². The molecule has 0 amide bonds. The second-order valence-electron chi connectivity index (χ2n) is 3.70. The standard InChI is InChI=1S/C9H17N/c1-6(2)4-9(10)8-5-7(8)3/h4,7-9H,5,10H2,1-3H3. The van der Waals surface area contributed by atoms with Gasteiger partial charge in [0.2, 0.25) is 0 Å². The molecular formula is C9H17N. The third-order valence-electron chi connectivity index (χ3n) is 2.19. The highest BCUT2D eigenvalue weighted by molar-refractivity contribution is 5.06. The van der Waals surface area contributed by atoms with Gasteiger partial charge in [-0.15, -0.1) is 0 Å². The van der Waals surface area contributed by atoms with Crippen LogP contribution in [0.25, 0.3) is 0 Å². The Balaban J connectivity index is 2.36. The van der Waals surface area contributed by atoms with Gasteiger partial charge < -0.3 is 5.73 Å². The first-order valence-corrected chi connectivity index (χ1v) is 4.02. The van der Waals surface area contributed by atoms with Gasteiger partial charge in [-0.1, -0.05) is 18.6 Å². The van der Waals surface area contributed by atoms with E-state index in [0.29, 0.717) is 6.04 Å². The lowest BCUT2D eigenvalue weighted by Gasteiger charge is -2.04. The molecule has 1 saturated carbocycles. The molecule has 3 atom stereocenters. The monoisotopic (exact) mass is 139 g/mol. The summed E-state index contributed by atoms with van der Waals surface area (Å²) in [5.41, 5.74) is 7.23. The summed E-state index contributed by atoms with van der Waals surface area (Å²) in [4.78, 5) is 0. The molecule has 1 fully saturated rings. The van der Waals surface area contributed by atoms with Crippen molar-refractivity contribution in [2.24, 2.45) is 17.6 Å². The van der Waals surface area contributed by atoms with Crippen LogP contribution in [0.3, 0.4) is 0 Å². The zero-order valence-corrected chi connectivity index (χ0v) is 7.09. The van der Waals surface area contributed by atoms with Crippen LogP contribution in [-0.2, 0) is 0 Å². The Labute approximate surface area is 63.3 Å². The largest absolute Gasteiger partial charge is 0.324 e. The minimum absolute atomic E-state index is 0.319. The molecule has 1 aliphatic rings. The fourth-order valence-corrected chi connectivity index (χ4v) is 1.40. The van der Waals surface area contributed by atoms with E-state index in [0.717, 1.165) is 11.8 Å². The number of rotatable bonds is 2. The number of allylic oxidation sites excluding steroid dienone is 1. The van der Waals surface area contributed by atoms with Crippen LogP contribution in [0.15, 0.2) is 11.6 Å². The molecule has 0 bridgehead atoms. The van der Waals surface area contributed by atoms with E-state index >= 15 is 0 Å². The lowest BCUT2D eigenvalue weighted by atomic mass is 10.1. The molecular weight excluding hydrogens is 122 g/mol. The maximum Gasteiger partial charge on any atom is 0.0257 e. The first kappa shape index (κ1) is 7.80. The smallest absolute Gasteiger partial charge is 0.0257 e. The van der Waals surface area contributed by atoms with E-state index in [2.05, 4.69) is 26.8 Å². The van der Waals surface area contributed by atoms with Crippen LogP contribution < -0.4 is 5.73 Å². The molecule has 0 heterocycles. The zero-order chi connectivity index (χ0) is 7.72. The van der Waals surface area contributed by atoms with Crippen molar-refractivity contribution in [1.82, 2.24) is 0 Å². The van der Waals surface area contributed by atoms with Gasteiger partial charge in [0.1, 0.15) is 0 Å². The van der Waals surface area contributed by atoms with Gasteiger partial charge >= 0.3 is 0 Å². The summed E-state index contributed by atoms with van der Waals surface area (Å²) in [6, 6.07) is 0.319. The summed E-state index contributed by atoms with van der Waals surface area (Å²) >= 11 is 0. The highest BCUT2D eigenvalue weighted by Crippen LogP contribution is 2.40. The molecule has 0 aromatic carbocycles. The third-order valence-corrected chi connectivity index (χ3v) is 2.19. The summed E-state index contributed by atoms with van der Waals surface area (Å²) in [6.07, 6.45) is 3.50. The van der Waals surface area contributed by atoms with Gasteiger partial charge in [0.25, 0.3) is 0 Å². The second-order valence-corrected chi connectivity index (χ2v) is 3.70. The summed E-state index contributed by atoms with van der Waals surface area (Å²) in [5, 5.41) is 0. The van der Waals surface area contributed by atoms with Crippen molar-refractivity contribution in [3.05, 3.63) is 11.6 Å². The molecule has 0 radical (unpaired) electrons. The molecule has 0 aromatic rings. The quantitative estimate of drug-likeness (QED) is 0.581. The molecule has 1 rings (SSSR count). The Hall–Kier alpha value is -0.300. The summed E-state index contributed by atoms with van der Waals surface area (Å²) in [6.45, 7) is 6.48. The van der Waals surface area contributed by atoms with Gasteiger partial charge in [-0.25, -0.2) is 0 Å². The van der Waals surface area contributed by atoms with Crippen LogP contribution in [0.1, 0.15) is 27.2 Å². The van der Waals surface area contributed by atoms with E-state index in [9.17, 15) is 0 Å². The Morgan fingerprint density at radius 1 is 1.60 bits per heavy atom. The van der Waals surface area contributed by atoms with Gasteiger partial charge in [0.15, 0.2) is 0 Å². The molecule has 3 unspecified atom stereocenters. The van der Waals surface area contributed by atoms with Crippen molar-refractivity contribution in [3.63, 3.8) is 0 Å². The Morgan fingerprint density at radius 3 is 2.40 bits per heavy atom. The second kappa shape index (κ2) is 2.75. The molecule has 0 aromatic heterocycles. The normalized spacial score (nSPS) is 33.2. The van der Waals surface area contributed by atoms with E-state index in [1.165, 1.54) is 12.0 Å². The molecule has 0 saturated heterocycles. The van der Waals surface area contributed by atoms with Crippen LogP contribution in [0, 0.1) is 11.8 Å². The van der Waals surface area contributed by atoms with E-state index in [-0.39, 0.29) is 0 Å². The Bertz CT molecular complexity index is 145. The van der Waals surface area contributed by atoms with E-state index in [4.69, 9.17) is 5.73 Å². The summed E-state index contributed by atoms with van der Waals surface area (Å²) in [7, 11) is 0. The van der Waals surface area contributed by atoms with Gasteiger partial charge in [-0.3, -0.25) is 0 Å². The molecule has 58 valence electrons. The van der Waals surface area contributed by atoms with Crippen molar-refractivity contribution in [3.8, 4) is 0 Å². The van der Waals surface area contributed by atoms with Crippen LogP contribution in [0.4, 0.5) is 0 Å². The molecule has 1 heteroatoms. The van der Waals surface area contributed by atoms with E-state index in [1.807, 2.05) is 0 Å². The van der Waals surface area contributed by atoms with E-state index in [1.54, 1.807) is 0 Å². The molecule has 1 aliphatic carbocycles. The third kappa shape index (κ3) is 1.84. The van der Waals surface area contributed by atoms with Crippen molar-refractivity contribution < 1.29 is 0 Å². The van der Waals surface area contributed by atoms with Crippen LogP contribution in [0.2, 0.25) is 0 Å². The summed E-state index contributed by atoms with van der Waals surface area (Å²) in [5.74, 6) is 1.64. The fraction of sp³-hybridized carbons (Fsp3) is 0.778. The first-order chi connectivity index (χ1) is 4.61. The minimum Gasteiger partial charge on any atom is -0.324 e. The SMILES string of the molecule is CC(C)=CC(N)C1CC1C. The van der Waals surface area contributed by atoms with Crippen molar-refractivity contribution >= 4 is 0 Å². The van der Waals surface area contributed by atoms with Gasteiger partial charge in [0.05, 0.1) is 0 Å². The Morgan fingerprint density at radius 2 is 2.10 bits per heavy atom. The maximum absolute atomic E-state index is 5.89. The zero-order valence-electron chi connectivity index (χ0n) is 7.09. The average Bonchev–Trinajstić information content (AvgIpc) is 2.44. The molecule has 1 nitrogen and oxygen atoms in total. The van der Waals surface area contributed by atoms with Gasteiger partial charge in [-0.05, 0) is 32.1 Å². The number of nitrogens with two attached hydrogens (primary N) is 1. The molecule has 2 N–H and O–H groups in total. The lowest BCUT2D eigenvalue weighted by Crippen LogP contribution is -2.20. The summed E-state index contributed by atoms with van der Waals surface area (Å²) < 4.78 is 0. The highest BCUT2D eigenvalue weighted by Gasteiger charge is 2.36. The topological polar surface area (TPSA) is 26.0 Å². The van der Waals surface area contributed by atoms with Crippen molar-refractivity contribution in [1.29, 1.82) is 0 Å². The van der Waals surface area contributed by atoms with Crippen LogP contribution in [-0.4, -0.2) is 6.04 Å². The van der Waals surface area contributed by atoms with Gasteiger partial charge in [0, 0.05) is 6.04 Å². The van der Waals surface area contributed by atoms with Crippen LogP contribution in [0.5, 0.6) is 0 Å².